The molecule has 7 nitrogen and oxygen atoms in total. The minimum atomic E-state index is -4.59. The number of carbonyl (C=O) groups is 1. The summed E-state index contributed by atoms with van der Waals surface area (Å²) in [6, 6.07) is 0.549. The van der Waals surface area contributed by atoms with Crippen LogP contribution in [0.4, 0.5) is 19.0 Å². The fourth-order valence-corrected chi connectivity index (χ4v) is 4.22. The minimum absolute atomic E-state index is 0.0522. The molecular formula is C18H23F3N6O. The second kappa shape index (κ2) is 7.23. The number of amides is 1. The van der Waals surface area contributed by atoms with Crippen LogP contribution in [0, 0.1) is 0 Å². The van der Waals surface area contributed by atoms with E-state index in [4.69, 9.17) is 5.73 Å². The third-order valence-electron chi connectivity index (χ3n) is 5.60. The number of H-pyrrole nitrogens is 1. The predicted octanol–water partition coefficient (Wildman–Crippen LogP) is 2.71. The first-order valence-electron chi connectivity index (χ1n) is 9.58. The Morgan fingerprint density at radius 1 is 1.21 bits per heavy atom. The normalized spacial score (nSPS) is 21.5. The number of carbonyl (C=O) groups excluding carboxylic acids is 1. The van der Waals surface area contributed by atoms with E-state index < -0.39 is 17.8 Å². The van der Waals surface area contributed by atoms with Crippen molar-refractivity contribution in [1.29, 1.82) is 0 Å². The molecule has 0 aromatic carbocycles. The van der Waals surface area contributed by atoms with Gasteiger partial charge in [0.25, 0.3) is 0 Å². The van der Waals surface area contributed by atoms with Crippen molar-refractivity contribution in [3.63, 3.8) is 0 Å². The second-order valence-corrected chi connectivity index (χ2v) is 7.51. The van der Waals surface area contributed by atoms with Crippen molar-refractivity contribution >= 4 is 22.8 Å². The number of nitrogens with one attached hydrogen (secondary N) is 1. The van der Waals surface area contributed by atoms with Gasteiger partial charge in [0, 0.05) is 6.54 Å². The fourth-order valence-electron chi connectivity index (χ4n) is 4.22. The topological polar surface area (TPSA) is 91.1 Å². The number of aromatic nitrogens is 3. The maximum absolute atomic E-state index is 13.6. The molecule has 152 valence electrons. The lowest BCUT2D eigenvalue weighted by Crippen LogP contribution is -2.44. The number of nitrogens with zero attached hydrogens (tertiary/aromatic N) is 4. The van der Waals surface area contributed by atoms with Gasteiger partial charge in [-0.2, -0.15) is 18.3 Å². The van der Waals surface area contributed by atoms with Crippen LogP contribution in [0.3, 0.4) is 0 Å². The molecule has 2 aliphatic rings. The number of hydrogen-bond donors (Lipinski definition) is 2. The van der Waals surface area contributed by atoms with Crippen molar-refractivity contribution in [3.05, 3.63) is 17.3 Å². The Bertz CT molecular complexity index is 874. The van der Waals surface area contributed by atoms with Crippen LogP contribution in [0.15, 0.2) is 6.07 Å². The molecule has 0 radical (unpaired) electrons. The number of hydrogen-bond acceptors (Lipinski definition) is 5. The summed E-state index contributed by atoms with van der Waals surface area (Å²) in [6.07, 6.45) is -0.183. The number of fused-ring (bicyclic) bond motifs is 1. The first-order valence-corrected chi connectivity index (χ1v) is 9.58. The molecule has 2 fully saturated rings. The molecule has 28 heavy (non-hydrogen) atoms. The molecule has 3 N–H and O–H groups in total. The first kappa shape index (κ1) is 19.0. The van der Waals surface area contributed by atoms with Crippen molar-refractivity contribution in [2.24, 2.45) is 0 Å². The highest BCUT2D eigenvalue weighted by Crippen LogP contribution is 2.39. The highest BCUT2D eigenvalue weighted by molar-refractivity contribution is 5.90. The summed E-state index contributed by atoms with van der Waals surface area (Å²) in [5, 5.41) is 5.99. The van der Waals surface area contributed by atoms with Gasteiger partial charge in [-0.05, 0) is 51.3 Å². The lowest BCUT2D eigenvalue weighted by Gasteiger charge is -2.36. The molecular weight excluding hydrogens is 373 g/mol. The van der Waals surface area contributed by atoms with Gasteiger partial charge < -0.3 is 10.6 Å². The molecule has 1 atom stereocenters. The van der Waals surface area contributed by atoms with Crippen LogP contribution in [0.25, 0.3) is 11.0 Å². The number of pyridine rings is 1. The van der Waals surface area contributed by atoms with Crippen LogP contribution < -0.4 is 5.73 Å². The van der Waals surface area contributed by atoms with Crippen molar-refractivity contribution < 1.29 is 18.0 Å². The van der Waals surface area contributed by atoms with E-state index in [9.17, 15) is 18.0 Å². The van der Waals surface area contributed by atoms with Gasteiger partial charge in [-0.15, -0.1) is 0 Å². The molecule has 2 aromatic rings. The smallest absolute Gasteiger partial charge is 0.383 e. The third kappa shape index (κ3) is 3.52. The Hall–Kier alpha value is -2.36. The van der Waals surface area contributed by atoms with Gasteiger partial charge in [0.05, 0.1) is 29.2 Å². The molecule has 1 unspecified atom stereocenters. The Labute approximate surface area is 160 Å². The number of halogens is 3. The van der Waals surface area contributed by atoms with Gasteiger partial charge >= 0.3 is 6.18 Å². The molecule has 0 saturated carbocycles. The summed E-state index contributed by atoms with van der Waals surface area (Å²) in [5.41, 5.74) is 4.93. The van der Waals surface area contributed by atoms with Crippen LogP contribution in [-0.2, 0) is 11.0 Å². The molecule has 2 saturated heterocycles. The van der Waals surface area contributed by atoms with E-state index in [1.807, 2.05) is 0 Å². The largest absolute Gasteiger partial charge is 0.417 e. The molecule has 2 aliphatic heterocycles. The monoisotopic (exact) mass is 396 g/mol. The Balaban J connectivity index is 1.69. The van der Waals surface area contributed by atoms with E-state index in [2.05, 4.69) is 20.1 Å². The fraction of sp³-hybridized carbons (Fsp3) is 0.611. The van der Waals surface area contributed by atoms with Gasteiger partial charge in [0.2, 0.25) is 5.91 Å². The number of nitrogen functional groups attached to an aromatic ring is 1. The molecule has 0 bridgehead atoms. The molecule has 0 aliphatic carbocycles. The highest BCUT2D eigenvalue weighted by Gasteiger charge is 2.37. The quantitative estimate of drug-likeness (QED) is 0.833. The number of aromatic amines is 1. The first-order chi connectivity index (χ1) is 13.3. The molecule has 4 rings (SSSR count). The number of rotatable bonds is 3. The van der Waals surface area contributed by atoms with Crippen LogP contribution >= 0.6 is 0 Å². The SMILES string of the molecule is Nc1[nH]nc2nc(C3CCCCN3C(=O)CN3CCCC3)cc(C(F)(F)F)c12. The number of piperidine rings is 1. The van der Waals surface area contributed by atoms with E-state index in [-0.39, 0.29) is 28.5 Å². The molecule has 4 heterocycles. The third-order valence-corrected chi connectivity index (χ3v) is 5.60. The highest BCUT2D eigenvalue weighted by atomic mass is 19.4. The van der Waals surface area contributed by atoms with E-state index in [0.29, 0.717) is 19.5 Å². The van der Waals surface area contributed by atoms with Gasteiger partial charge in [0.1, 0.15) is 5.82 Å². The van der Waals surface area contributed by atoms with Crippen molar-refractivity contribution in [1.82, 2.24) is 25.0 Å². The summed E-state index contributed by atoms with van der Waals surface area (Å²) >= 11 is 0. The lowest BCUT2D eigenvalue weighted by molar-refractivity contribution is -0.136. The summed E-state index contributed by atoms with van der Waals surface area (Å²) in [5.74, 6) is -0.212. The van der Waals surface area contributed by atoms with Crippen molar-refractivity contribution in [2.75, 3.05) is 31.9 Å². The molecule has 10 heteroatoms. The zero-order chi connectivity index (χ0) is 19.9. The second-order valence-electron chi connectivity index (χ2n) is 7.51. The zero-order valence-corrected chi connectivity index (χ0v) is 15.4. The number of alkyl halides is 3. The number of likely N-dealkylation sites (tertiary alicyclic amines) is 2. The summed E-state index contributed by atoms with van der Waals surface area (Å²) in [4.78, 5) is 21.0. The Kier molecular flexibility index (Phi) is 4.90. The standard InChI is InChI=1S/C18H23F3N6O/c19-18(20,21)11-9-12(23-17-15(11)16(22)24-25-17)13-5-1-2-8-27(13)14(28)10-26-6-3-4-7-26/h9,13H,1-8,10H2,(H3,22,23,24,25). The maximum atomic E-state index is 13.6. The number of nitrogens with two attached hydrogens (primary N) is 1. The van der Waals surface area contributed by atoms with E-state index >= 15 is 0 Å². The van der Waals surface area contributed by atoms with Gasteiger partial charge in [-0.1, -0.05) is 0 Å². The van der Waals surface area contributed by atoms with Gasteiger partial charge in [-0.3, -0.25) is 14.8 Å². The summed E-state index contributed by atoms with van der Waals surface area (Å²) in [7, 11) is 0. The van der Waals surface area contributed by atoms with E-state index in [1.165, 1.54) is 0 Å². The Morgan fingerprint density at radius 3 is 2.64 bits per heavy atom. The lowest BCUT2D eigenvalue weighted by atomic mass is 9.97. The van der Waals surface area contributed by atoms with Crippen LogP contribution in [0.5, 0.6) is 0 Å². The summed E-state index contributed by atoms with van der Waals surface area (Å²) in [6.45, 7) is 2.61. The van der Waals surface area contributed by atoms with Crippen LogP contribution in [0.1, 0.15) is 49.4 Å². The molecule has 2 aromatic heterocycles. The summed E-state index contributed by atoms with van der Waals surface area (Å²) < 4.78 is 40.9. The average molecular weight is 396 g/mol. The Morgan fingerprint density at radius 2 is 1.93 bits per heavy atom. The van der Waals surface area contributed by atoms with E-state index in [1.54, 1.807) is 4.90 Å². The zero-order valence-electron chi connectivity index (χ0n) is 15.4. The van der Waals surface area contributed by atoms with Crippen molar-refractivity contribution in [3.8, 4) is 0 Å². The van der Waals surface area contributed by atoms with E-state index in [0.717, 1.165) is 44.8 Å². The van der Waals surface area contributed by atoms with Gasteiger partial charge in [-0.25, -0.2) is 4.98 Å². The number of anilines is 1. The van der Waals surface area contributed by atoms with Crippen LogP contribution in [-0.4, -0.2) is 57.1 Å². The van der Waals surface area contributed by atoms with Gasteiger partial charge in [0.15, 0.2) is 5.65 Å². The molecule has 0 spiro atoms. The molecule has 1 amide bonds. The maximum Gasteiger partial charge on any atom is 0.417 e. The van der Waals surface area contributed by atoms with Crippen LogP contribution in [0.2, 0.25) is 0 Å². The van der Waals surface area contributed by atoms with Crippen molar-refractivity contribution in [2.45, 2.75) is 44.3 Å². The predicted molar refractivity (Wildman–Crippen MR) is 97.3 cm³/mol. The average Bonchev–Trinajstić information content (AvgIpc) is 3.30. The minimum Gasteiger partial charge on any atom is -0.383 e.